The number of aromatic nitrogens is 2. The Morgan fingerprint density at radius 2 is 2.27 bits per heavy atom. The summed E-state index contributed by atoms with van der Waals surface area (Å²) in [4.78, 5) is 27.8. The van der Waals surface area contributed by atoms with Gasteiger partial charge in [-0.3, -0.25) is 9.59 Å². The molecule has 138 valence electrons. The third kappa shape index (κ3) is 3.51. The maximum Gasteiger partial charge on any atom is 0.274 e. The van der Waals surface area contributed by atoms with Gasteiger partial charge < -0.3 is 24.3 Å². The molecule has 0 aromatic carbocycles. The summed E-state index contributed by atoms with van der Waals surface area (Å²) in [5.41, 5.74) is 1.74. The highest BCUT2D eigenvalue weighted by Gasteiger charge is 2.18. The lowest BCUT2D eigenvalue weighted by Gasteiger charge is -2.19. The number of carbonyl (C=O) groups is 1. The van der Waals surface area contributed by atoms with Crippen LogP contribution in [0.15, 0.2) is 46.9 Å². The van der Waals surface area contributed by atoms with E-state index in [1.165, 1.54) is 4.57 Å². The third-order valence-electron chi connectivity index (χ3n) is 4.45. The molecule has 2 N–H and O–H groups in total. The summed E-state index contributed by atoms with van der Waals surface area (Å²) in [5, 5.41) is 3.62. The lowest BCUT2D eigenvalue weighted by atomic mass is 10.0. The predicted molar refractivity (Wildman–Crippen MR) is 98.8 cm³/mol. The number of aromatic amines is 1. The second-order valence-corrected chi connectivity index (χ2v) is 6.23. The van der Waals surface area contributed by atoms with Crippen molar-refractivity contribution in [2.75, 3.05) is 13.2 Å². The van der Waals surface area contributed by atoms with E-state index in [0.717, 1.165) is 12.0 Å². The summed E-state index contributed by atoms with van der Waals surface area (Å²) >= 11 is 0. The van der Waals surface area contributed by atoms with Crippen molar-refractivity contribution in [2.45, 2.75) is 26.3 Å². The van der Waals surface area contributed by atoms with Crippen LogP contribution in [-0.2, 0) is 16.5 Å². The zero-order valence-electron chi connectivity index (χ0n) is 15.2. The third-order valence-corrected chi connectivity index (χ3v) is 4.45. The molecular formula is C19H23N3O4. The number of allylic oxidation sites excluding steroid dienone is 1. The molecule has 7 heteroatoms. The summed E-state index contributed by atoms with van der Waals surface area (Å²) in [6, 6.07) is 1.55. The van der Waals surface area contributed by atoms with Gasteiger partial charge in [0.1, 0.15) is 25.0 Å². The van der Waals surface area contributed by atoms with Crippen LogP contribution in [0.5, 0.6) is 0 Å². The average Bonchev–Trinajstić information content (AvgIpc) is 3.13. The Hall–Kier alpha value is -2.96. The van der Waals surface area contributed by atoms with E-state index in [1.807, 2.05) is 19.9 Å². The molecule has 0 bridgehead atoms. The molecule has 1 aliphatic rings. The molecule has 0 radical (unpaired) electrons. The summed E-state index contributed by atoms with van der Waals surface area (Å²) in [7, 11) is 1.63. The second-order valence-electron chi connectivity index (χ2n) is 6.23. The topological polar surface area (TPSA) is 85.3 Å². The standard InChI is InChI=1S/C19H23N3O4/c1-4-13(9-14-11-25-7-8-26-14)12(2)21-18(23)16-10-22(3)19(24)17-15(16)5-6-20-17/h5-6,9-12,20H,4,7-8H2,1-3H3,(H,21,23)/b13-9+. The van der Waals surface area contributed by atoms with Crippen LogP contribution in [0, 0.1) is 0 Å². The van der Waals surface area contributed by atoms with Crippen LogP contribution in [0.25, 0.3) is 10.9 Å². The maximum atomic E-state index is 12.8. The Balaban J connectivity index is 1.84. The van der Waals surface area contributed by atoms with E-state index in [9.17, 15) is 9.59 Å². The number of rotatable bonds is 5. The van der Waals surface area contributed by atoms with E-state index in [1.54, 1.807) is 31.8 Å². The number of H-pyrrole nitrogens is 1. The van der Waals surface area contributed by atoms with Crippen LogP contribution >= 0.6 is 0 Å². The first kappa shape index (κ1) is 17.8. The van der Waals surface area contributed by atoms with Crippen LogP contribution in [0.2, 0.25) is 0 Å². The monoisotopic (exact) mass is 357 g/mol. The lowest BCUT2D eigenvalue weighted by molar-refractivity contribution is 0.0914. The summed E-state index contributed by atoms with van der Waals surface area (Å²) in [6.45, 7) is 5.01. The van der Waals surface area contributed by atoms with Crippen LogP contribution in [0.3, 0.4) is 0 Å². The van der Waals surface area contributed by atoms with Crippen molar-refractivity contribution in [2.24, 2.45) is 7.05 Å². The zero-order valence-corrected chi connectivity index (χ0v) is 15.2. The minimum atomic E-state index is -0.230. The first-order chi connectivity index (χ1) is 12.5. The summed E-state index contributed by atoms with van der Waals surface area (Å²) in [6.07, 6.45) is 7.47. The van der Waals surface area contributed by atoms with Gasteiger partial charge in [0.2, 0.25) is 0 Å². The van der Waals surface area contributed by atoms with E-state index in [0.29, 0.717) is 35.4 Å². The molecule has 0 aliphatic carbocycles. The van der Waals surface area contributed by atoms with Gasteiger partial charge in [0, 0.05) is 30.9 Å². The first-order valence-corrected chi connectivity index (χ1v) is 8.64. The molecule has 1 atom stereocenters. The van der Waals surface area contributed by atoms with Gasteiger partial charge in [-0.1, -0.05) is 6.92 Å². The summed E-state index contributed by atoms with van der Waals surface area (Å²) < 4.78 is 12.2. The highest BCUT2D eigenvalue weighted by atomic mass is 16.6. The van der Waals surface area contributed by atoms with Crippen LogP contribution in [-0.4, -0.2) is 34.7 Å². The molecule has 1 amide bonds. The predicted octanol–water partition coefficient (Wildman–Crippen LogP) is 2.21. The van der Waals surface area contributed by atoms with E-state index in [2.05, 4.69) is 10.3 Å². The Bertz CT molecular complexity index is 936. The second kappa shape index (κ2) is 7.51. The maximum absolute atomic E-state index is 12.8. The van der Waals surface area contributed by atoms with Gasteiger partial charge in [-0.25, -0.2) is 0 Å². The van der Waals surface area contributed by atoms with Gasteiger partial charge in [0.25, 0.3) is 11.5 Å². The van der Waals surface area contributed by atoms with Crippen molar-refractivity contribution < 1.29 is 14.3 Å². The molecule has 2 aromatic heterocycles. The fourth-order valence-corrected chi connectivity index (χ4v) is 2.99. The van der Waals surface area contributed by atoms with E-state index < -0.39 is 0 Å². The number of hydrogen-bond acceptors (Lipinski definition) is 4. The number of fused-ring (bicyclic) bond motifs is 1. The lowest BCUT2D eigenvalue weighted by Crippen LogP contribution is -2.35. The average molecular weight is 357 g/mol. The van der Waals surface area contributed by atoms with Gasteiger partial charge >= 0.3 is 0 Å². The molecule has 2 aromatic rings. The fourth-order valence-electron chi connectivity index (χ4n) is 2.99. The Labute approximate surface area is 151 Å². The highest BCUT2D eigenvalue weighted by Crippen LogP contribution is 2.17. The van der Waals surface area contributed by atoms with Gasteiger partial charge in [-0.15, -0.1) is 0 Å². The Kier molecular flexibility index (Phi) is 5.16. The van der Waals surface area contributed by atoms with Gasteiger partial charge in [0.15, 0.2) is 5.76 Å². The molecule has 0 saturated heterocycles. The van der Waals surface area contributed by atoms with Gasteiger partial charge in [-0.2, -0.15) is 0 Å². The van der Waals surface area contributed by atoms with Crippen molar-refractivity contribution >= 4 is 16.8 Å². The number of carbonyl (C=O) groups excluding carboxylic acids is 1. The van der Waals surface area contributed by atoms with E-state index in [-0.39, 0.29) is 17.5 Å². The number of hydrogen-bond donors (Lipinski definition) is 2. The van der Waals surface area contributed by atoms with E-state index in [4.69, 9.17) is 9.47 Å². The van der Waals surface area contributed by atoms with Gasteiger partial charge in [-0.05, 0) is 31.1 Å². The quantitative estimate of drug-likeness (QED) is 0.859. The normalized spacial score (nSPS) is 15.8. The van der Waals surface area contributed by atoms with Crippen LogP contribution < -0.4 is 10.9 Å². The Morgan fingerprint density at radius 3 is 2.96 bits per heavy atom. The SMILES string of the molecule is CC/C(=C\C1=COCCO1)C(C)NC(=O)c1cn(C)c(=O)c2[nH]ccc12. The largest absolute Gasteiger partial charge is 0.494 e. The van der Waals surface area contributed by atoms with Crippen molar-refractivity contribution in [1.82, 2.24) is 14.9 Å². The minimum Gasteiger partial charge on any atom is -0.494 e. The number of pyridine rings is 1. The Morgan fingerprint density at radius 1 is 1.46 bits per heavy atom. The van der Waals surface area contributed by atoms with Crippen molar-refractivity contribution in [3.8, 4) is 0 Å². The molecule has 0 spiro atoms. The molecule has 0 fully saturated rings. The molecule has 7 nitrogen and oxygen atoms in total. The fraction of sp³-hybridized carbons (Fsp3) is 0.368. The van der Waals surface area contributed by atoms with Crippen LogP contribution in [0.1, 0.15) is 30.6 Å². The van der Waals surface area contributed by atoms with Crippen molar-refractivity contribution in [3.05, 3.63) is 58.0 Å². The van der Waals surface area contributed by atoms with Crippen molar-refractivity contribution in [3.63, 3.8) is 0 Å². The number of ether oxygens (including phenoxy) is 2. The minimum absolute atomic E-state index is 0.162. The van der Waals surface area contributed by atoms with E-state index >= 15 is 0 Å². The molecule has 26 heavy (non-hydrogen) atoms. The first-order valence-electron chi connectivity index (χ1n) is 8.64. The smallest absolute Gasteiger partial charge is 0.274 e. The zero-order chi connectivity index (χ0) is 18.7. The number of aryl methyl sites for hydroxylation is 1. The number of nitrogens with zero attached hydrogens (tertiary/aromatic N) is 1. The van der Waals surface area contributed by atoms with Crippen molar-refractivity contribution in [1.29, 1.82) is 0 Å². The number of amides is 1. The molecule has 1 aliphatic heterocycles. The van der Waals surface area contributed by atoms with Crippen LogP contribution in [0.4, 0.5) is 0 Å². The molecule has 3 heterocycles. The highest BCUT2D eigenvalue weighted by molar-refractivity contribution is 6.06. The summed E-state index contributed by atoms with van der Waals surface area (Å²) in [5.74, 6) is 0.427. The molecule has 3 rings (SSSR count). The molecule has 1 unspecified atom stereocenters. The number of nitrogens with one attached hydrogen (secondary N) is 2. The van der Waals surface area contributed by atoms with Gasteiger partial charge in [0.05, 0.1) is 5.56 Å². The molecule has 0 saturated carbocycles. The molecular weight excluding hydrogens is 334 g/mol.